The van der Waals surface area contributed by atoms with Crippen LogP contribution in [0.2, 0.25) is 0 Å². The van der Waals surface area contributed by atoms with Crippen molar-refractivity contribution >= 4 is 38.5 Å². The zero-order chi connectivity index (χ0) is 22.7. The molecule has 0 unspecified atom stereocenters. The highest BCUT2D eigenvalue weighted by molar-refractivity contribution is 6.15. The SMILES string of the molecule is c1ccc2c(c1)Cc1c-2ccc2c1Cc1c-2ccc2c3ncccc3n3c4ccccc4nc3c12. The Balaban J connectivity index is 1.41. The predicted octanol–water partition coefficient (Wildman–Crippen LogP) is 7.33. The molecule has 3 aromatic heterocycles. The number of rotatable bonds is 0. The minimum atomic E-state index is 0.941. The van der Waals surface area contributed by atoms with Crippen LogP contribution >= 0.6 is 0 Å². The molecule has 0 spiro atoms. The largest absolute Gasteiger partial charge is 0.290 e. The molecule has 0 saturated heterocycles. The van der Waals surface area contributed by atoms with E-state index in [4.69, 9.17) is 9.97 Å². The monoisotopic (exact) mass is 445 g/mol. The number of hydrogen-bond acceptors (Lipinski definition) is 2. The van der Waals surface area contributed by atoms with Gasteiger partial charge in [-0.15, -0.1) is 0 Å². The van der Waals surface area contributed by atoms with Crippen molar-refractivity contribution in [2.24, 2.45) is 0 Å². The van der Waals surface area contributed by atoms with Gasteiger partial charge in [-0.2, -0.15) is 0 Å². The molecule has 3 heteroatoms. The highest BCUT2D eigenvalue weighted by Crippen LogP contribution is 2.49. The van der Waals surface area contributed by atoms with Crippen LogP contribution in [-0.4, -0.2) is 14.4 Å². The van der Waals surface area contributed by atoms with Crippen molar-refractivity contribution in [3.63, 3.8) is 0 Å². The Morgan fingerprint density at radius 1 is 0.600 bits per heavy atom. The highest BCUT2D eigenvalue weighted by Gasteiger charge is 2.30. The second kappa shape index (κ2) is 6.13. The fraction of sp³-hybridized carbons (Fsp3) is 0.0625. The maximum absolute atomic E-state index is 5.17. The predicted molar refractivity (Wildman–Crippen MR) is 142 cm³/mol. The first-order chi connectivity index (χ1) is 17.4. The normalized spacial score (nSPS) is 13.5. The van der Waals surface area contributed by atoms with Gasteiger partial charge in [0, 0.05) is 17.0 Å². The van der Waals surface area contributed by atoms with E-state index >= 15 is 0 Å². The van der Waals surface area contributed by atoms with Crippen molar-refractivity contribution in [1.29, 1.82) is 0 Å². The number of imidazole rings is 1. The molecule has 0 N–H and O–H groups in total. The summed E-state index contributed by atoms with van der Waals surface area (Å²) >= 11 is 0. The molecule has 0 saturated carbocycles. The summed E-state index contributed by atoms with van der Waals surface area (Å²) in [6.07, 6.45) is 3.86. The molecule has 2 aliphatic rings. The molecule has 0 atom stereocenters. The van der Waals surface area contributed by atoms with Gasteiger partial charge >= 0.3 is 0 Å². The Bertz CT molecular complexity index is 2060. The van der Waals surface area contributed by atoms with Crippen molar-refractivity contribution in [3.05, 3.63) is 113 Å². The van der Waals surface area contributed by atoms with Crippen molar-refractivity contribution in [2.75, 3.05) is 0 Å². The Kier molecular flexibility index (Phi) is 3.14. The summed E-state index contributed by atoms with van der Waals surface area (Å²) in [7, 11) is 0. The highest BCUT2D eigenvalue weighted by atomic mass is 15.0. The molecule has 7 aromatic rings. The summed E-state index contributed by atoms with van der Waals surface area (Å²) in [6, 6.07) is 30.7. The maximum Gasteiger partial charge on any atom is 0.146 e. The van der Waals surface area contributed by atoms with Crippen LogP contribution in [0.5, 0.6) is 0 Å². The molecule has 2 aliphatic carbocycles. The lowest BCUT2D eigenvalue weighted by Crippen LogP contribution is -1.96. The van der Waals surface area contributed by atoms with E-state index in [1.54, 1.807) is 0 Å². The summed E-state index contributed by atoms with van der Waals surface area (Å²) in [4.78, 5) is 10.0. The number of benzene rings is 4. The summed E-state index contributed by atoms with van der Waals surface area (Å²) in [6.45, 7) is 0. The van der Waals surface area contributed by atoms with Crippen LogP contribution in [0, 0.1) is 0 Å². The van der Waals surface area contributed by atoms with E-state index in [-0.39, 0.29) is 0 Å². The Hall–Kier alpha value is -4.50. The van der Waals surface area contributed by atoms with Gasteiger partial charge in [0.25, 0.3) is 0 Å². The fourth-order valence-corrected chi connectivity index (χ4v) is 6.66. The second-order valence-electron chi connectivity index (χ2n) is 9.77. The molecule has 9 rings (SSSR count). The summed E-state index contributed by atoms with van der Waals surface area (Å²) in [5.74, 6) is 0. The van der Waals surface area contributed by atoms with Crippen LogP contribution in [0.4, 0.5) is 0 Å². The van der Waals surface area contributed by atoms with Gasteiger partial charge < -0.3 is 0 Å². The second-order valence-corrected chi connectivity index (χ2v) is 9.77. The lowest BCUT2D eigenvalue weighted by atomic mass is 9.96. The van der Waals surface area contributed by atoms with E-state index in [1.807, 2.05) is 12.3 Å². The third-order valence-corrected chi connectivity index (χ3v) is 8.13. The van der Waals surface area contributed by atoms with E-state index in [9.17, 15) is 0 Å². The van der Waals surface area contributed by atoms with Gasteiger partial charge in [0.05, 0.1) is 22.1 Å². The van der Waals surface area contributed by atoms with Gasteiger partial charge in [-0.3, -0.25) is 9.38 Å². The van der Waals surface area contributed by atoms with E-state index in [0.29, 0.717) is 0 Å². The summed E-state index contributed by atoms with van der Waals surface area (Å²) < 4.78 is 2.31. The van der Waals surface area contributed by atoms with E-state index < -0.39 is 0 Å². The molecule has 35 heavy (non-hydrogen) atoms. The molecular formula is C32H19N3. The molecule has 3 heterocycles. The lowest BCUT2D eigenvalue weighted by Gasteiger charge is -2.11. The van der Waals surface area contributed by atoms with Crippen LogP contribution < -0.4 is 0 Å². The van der Waals surface area contributed by atoms with E-state index in [2.05, 4.69) is 83.3 Å². The van der Waals surface area contributed by atoms with Gasteiger partial charge in [-0.1, -0.05) is 60.7 Å². The molecule has 4 aromatic carbocycles. The molecular weight excluding hydrogens is 426 g/mol. The third-order valence-electron chi connectivity index (χ3n) is 8.13. The van der Waals surface area contributed by atoms with Crippen molar-refractivity contribution in [2.45, 2.75) is 12.8 Å². The van der Waals surface area contributed by atoms with Crippen LogP contribution in [-0.2, 0) is 12.8 Å². The molecule has 3 nitrogen and oxygen atoms in total. The minimum Gasteiger partial charge on any atom is -0.290 e. The molecule has 0 fully saturated rings. The minimum absolute atomic E-state index is 0.941. The van der Waals surface area contributed by atoms with Gasteiger partial charge in [-0.25, -0.2) is 4.98 Å². The number of nitrogens with zero attached hydrogens (tertiary/aromatic N) is 3. The van der Waals surface area contributed by atoms with Crippen molar-refractivity contribution in [1.82, 2.24) is 14.4 Å². The summed E-state index contributed by atoms with van der Waals surface area (Å²) in [5.41, 5.74) is 16.7. The average Bonchev–Trinajstić information content (AvgIpc) is 3.59. The molecule has 0 radical (unpaired) electrons. The van der Waals surface area contributed by atoms with Gasteiger partial charge in [0.1, 0.15) is 5.65 Å². The van der Waals surface area contributed by atoms with Gasteiger partial charge in [0.15, 0.2) is 0 Å². The van der Waals surface area contributed by atoms with Crippen molar-refractivity contribution < 1.29 is 0 Å². The first kappa shape index (κ1) is 17.9. The van der Waals surface area contributed by atoms with E-state index in [0.717, 1.165) is 40.6 Å². The first-order valence-electron chi connectivity index (χ1n) is 12.2. The smallest absolute Gasteiger partial charge is 0.146 e. The summed E-state index contributed by atoms with van der Waals surface area (Å²) in [5, 5.41) is 2.43. The molecule has 162 valence electrons. The molecule has 0 amide bonds. The number of para-hydroxylation sites is 2. The average molecular weight is 446 g/mol. The number of hydrogen-bond donors (Lipinski definition) is 0. The standard InChI is InChI=1S/C32H19N3/c1-2-7-19-18(6-1)16-24-20(19)11-12-21-22-13-14-23-30(26(22)17-25(21)24)32-34-27-8-3-4-9-28(27)35(32)29-10-5-15-33-31(23)29/h1-15H,16-17H2. The van der Waals surface area contributed by atoms with Gasteiger partial charge in [-0.05, 0) is 81.6 Å². The third kappa shape index (κ3) is 2.12. The zero-order valence-electron chi connectivity index (χ0n) is 18.9. The fourth-order valence-electron chi connectivity index (χ4n) is 6.66. The van der Waals surface area contributed by atoms with Crippen LogP contribution in [0.15, 0.2) is 91.1 Å². The topological polar surface area (TPSA) is 30.2 Å². The number of aromatic nitrogens is 3. The zero-order valence-corrected chi connectivity index (χ0v) is 18.9. The van der Waals surface area contributed by atoms with E-state index in [1.165, 1.54) is 55.3 Å². The number of pyridine rings is 2. The maximum atomic E-state index is 5.17. The quantitative estimate of drug-likeness (QED) is 0.229. The molecule has 0 aliphatic heterocycles. The van der Waals surface area contributed by atoms with Crippen LogP contribution in [0.1, 0.15) is 22.3 Å². The van der Waals surface area contributed by atoms with Crippen molar-refractivity contribution in [3.8, 4) is 22.3 Å². The van der Waals surface area contributed by atoms with Gasteiger partial charge in [0.2, 0.25) is 0 Å². The Morgan fingerprint density at radius 3 is 2.31 bits per heavy atom. The first-order valence-corrected chi connectivity index (χ1v) is 12.2. The number of fused-ring (bicyclic) bond motifs is 16. The Morgan fingerprint density at radius 2 is 1.34 bits per heavy atom. The Labute approximate surface area is 201 Å². The van der Waals surface area contributed by atoms with Crippen LogP contribution in [0.25, 0.3) is 60.7 Å². The lowest BCUT2D eigenvalue weighted by molar-refractivity contribution is 1.17. The van der Waals surface area contributed by atoms with Crippen LogP contribution in [0.3, 0.4) is 0 Å². The molecule has 0 bridgehead atoms.